The molecule has 1 aromatic heterocycles. The lowest BCUT2D eigenvalue weighted by atomic mass is 9.36. The van der Waals surface area contributed by atoms with E-state index >= 15 is 0 Å². The standard InChI is InChI=1S/C25H34N2O5S/c1-5-6-9-26-21-27-17-14(33-21)10-22(3,4)16-20(30)25(31)24-15(23(16,17)11-32-25)8-7-13(19(24)29)12(2)18(24)28/h13,15-16,19-20,29-31H,2,5-11H2,1,3-4H3,(H,26,27)/t13-,15-,16+,19+,20-,23-,24-,25+/m0/s1. The molecule has 0 aromatic carbocycles. The van der Waals surface area contributed by atoms with Gasteiger partial charge in [0, 0.05) is 28.7 Å². The summed E-state index contributed by atoms with van der Waals surface area (Å²) in [4.78, 5) is 20.0. The highest BCUT2D eigenvalue weighted by Gasteiger charge is 2.86. The lowest BCUT2D eigenvalue weighted by molar-refractivity contribution is -0.429. The maximum atomic E-state index is 13.8. The largest absolute Gasteiger partial charge is 0.391 e. The minimum Gasteiger partial charge on any atom is -0.391 e. The Hall–Kier alpha value is -1.32. The Bertz CT molecular complexity index is 1050. The summed E-state index contributed by atoms with van der Waals surface area (Å²) in [5, 5.41) is 39.5. The molecule has 0 amide bonds. The smallest absolute Gasteiger partial charge is 0.208 e. The first-order valence-electron chi connectivity index (χ1n) is 12.3. The molecule has 5 fully saturated rings. The zero-order valence-corrected chi connectivity index (χ0v) is 20.4. The quantitative estimate of drug-likeness (QED) is 0.392. The number of carbonyl (C=O) groups is 1. The van der Waals surface area contributed by atoms with Gasteiger partial charge in [0.25, 0.3) is 0 Å². The molecule has 3 heterocycles. The van der Waals surface area contributed by atoms with Gasteiger partial charge in [-0.15, -0.1) is 11.3 Å². The third-order valence-electron chi connectivity index (χ3n) is 9.70. The number of carbonyl (C=O) groups excluding carboxylic acids is 1. The van der Waals surface area contributed by atoms with E-state index in [2.05, 4.69) is 32.7 Å². The van der Waals surface area contributed by atoms with Crippen molar-refractivity contribution in [3.05, 3.63) is 22.7 Å². The van der Waals surface area contributed by atoms with Crippen molar-refractivity contribution in [2.75, 3.05) is 18.5 Å². The fourth-order valence-corrected chi connectivity index (χ4v) is 9.86. The van der Waals surface area contributed by atoms with Crippen LogP contribution in [0.1, 0.15) is 57.0 Å². The molecular formula is C25H34N2O5S. The Morgan fingerprint density at radius 3 is 2.76 bits per heavy atom. The van der Waals surface area contributed by atoms with E-state index in [1.54, 1.807) is 11.3 Å². The lowest BCUT2D eigenvalue weighted by Gasteiger charge is -2.73. The van der Waals surface area contributed by atoms with Gasteiger partial charge in [-0.05, 0) is 42.6 Å². The molecule has 3 saturated carbocycles. The van der Waals surface area contributed by atoms with Crippen molar-refractivity contribution in [1.29, 1.82) is 0 Å². The Labute approximate surface area is 198 Å². The maximum absolute atomic E-state index is 13.8. The predicted octanol–water partition coefficient (Wildman–Crippen LogP) is 2.40. The molecule has 4 bridgehead atoms. The number of fused-ring (bicyclic) bond motifs is 3. The summed E-state index contributed by atoms with van der Waals surface area (Å²) in [7, 11) is 0. The highest BCUT2D eigenvalue weighted by molar-refractivity contribution is 7.15. The molecule has 2 saturated heterocycles. The van der Waals surface area contributed by atoms with Gasteiger partial charge in [0.15, 0.2) is 10.9 Å². The molecule has 33 heavy (non-hydrogen) atoms. The molecule has 7 nitrogen and oxygen atoms in total. The van der Waals surface area contributed by atoms with E-state index in [1.165, 1.54) is 0 Å². The minimum atomic E-state index is -2.13. The lowest BCUT2D eigenvalue weighted by Crippen LogP contribution is -2.85. The van der Waals surface area contributed by atoms with Crippen LogP contribution in [0.3, 0.4) is 0 Å². The second kappa shape index (κ2) is 6.66. The number of hydrogen-bond acceptors (Lipinski definition) is 8. The highest BCUT2D eigenvalue weighted by Crippen LogP contribution is 2.75. The Morgan fingerprint density at radius 2 is 2.03 bits per heavy atom. The predicted molar refractivity (Wildman–Crippen MR) is 124 cm³/mol. The van der Waals surface area contributed by atoms with Crippen LogP contribution in [0.4, 0.5) is 5.13 Å². The molecule has 2 spiro atoms. The second-order valence-electron chi connectivity index (χ2n) is 11.6. The molecule has 6 aliphatic rings. The number of nitrogens with zero attached hydrogens (tertiary/aromatic N) is 1. The average Bonchev–Trinajstić information content (AvgIpc) is 3.19. The molecule has 7 rings (SSSR count). The fourth-order valence-electron chi connectivity index (χ4n) is 8.54. The van der Waals surface area contributed by atoms with E-state index in [4.69, 9.17) is 9.72 Å². The van der Waals surface area contributed by atoms with Gasteiger partial charge >= 0.3 is 0 Å². The summed E-state index contributed by atoms with van der Waals surface area (Å²) in [5.41, 5.74) is -1.47. The maximum Gasteiger partial charge on any atom is 0.208 e. The van der Waals surface area contributed by atoms with Gasteiger partial charge in [-0.3, -0.25) is 4.79 Å². The fraction of sp³-hybridized carbons (Fsp3) is 0.760. The first-order chi connectivity index (χ1) is 15.6. The van der Waals surface area contributed by atoms with E-state index in [9.17, 15) is 20.1 Å². The van der Waals surface area contributed by atoms with E-state index in [0.717, 1.165) is 41.5 Å². The summed E-state index contributed by atoms with van der Waals surface area (Å²) < 4.78 is 6.10. The minimum absolute atomic E-state index is 0.184. The second-order valence-corrected chi connectivity index (χ2v) is 12.7. The van der Waals surface area contributed by atoms with Crippen LogP contribution in [0, 0.1) is 28.6 Å². The molecule has 180 valence electrons. The molecule has 4 N–H and O–H groups in total. The van der Waals surface area contributed by atoms with E-state index in [1.807, 2.05) is 0 Å². The van der Waals surface area contributed by atoms with Crippen molar-refractivity contribution < 1.29 is 24.9 Å². The molecular weight excluding hydrogens is 440 g/mol. The number of thiazole rings is 1. The Kier molecular flexibility index (Phi) is 4.48. The number of ketones is 1. The molecule has 0 unspecified atom stereocenters. The Balaban J connectivity index is 1.58. The van der Waals surface area contributed by atoms with Crippen molar-refractivity contribution in [1.82, 2.24) is 4.98 Å². The molecule has 8 atom stereocenters. The van der Waals surface area contributed by atoms with Gasteiger partial charge < -0.3 is 25.4 Å². The van der Waals surface area contributed by atoms with Crippen molar-refractivity contribution in [2.45, 2.75) is 76.3 Å². The SMILES string of the molecule is C=C1C(=O)[C@]23[C@H](O)[C@H]1CC[C@H]2[C@@]12CO[C@]3(O)[C@@H](O)[C@@H]1C(C)(C)Cc1sc(NCCCC)nc12. The van der Waals surface area contributed by atoms with Gasteiger partial charge in [-0.25, -0.2) is 4.98 Å². The van der Waals surface area contributed by atoms with E-state index < -0.39 is 34.7 Å². The number of Topliss-reactive ketones (excluding diaryl/α,β-unsaturated/α-hetero) is 1. The van der Waals surface area contributed by atoms with Crippen LogP contribution in [0.25, 0.3) is 0 Å². The zero-order valence-electron chi connectivity index (χ0n) is 19.6. The number of rotatable bonds is 4. The monoisotopic (exact) mass is 474 g/mol. The molecule has 0 radical (unpaired) electrons. The van der Waals surface area contributed by atoms with Crippen molar-refractivity contribution in [3.63, 3.8) is 0 Å². The zero-order chi connectivity index (χ0) is 23.6. The molecule has 8 heteroatoms. The van der Waals surface area contributed by atoms with Crippen molar-refractivity contribution >= 4 is 22.3 Å². The molecule has 1 aromatic rings. The van der Waals surface area contributed by atoms with Gasteiger partial charge in [0.05, 0.1) is 18.4 Å². The van der Waals surface area contributed by atoms with Gasteiger partial charge in [-0.1, -0.05) is 33.8 Å². The average molecular weight is 475 g/mol. The number of aliphatic hydroxyl groups excluding tert-OH is 2. The number of nitrogens with one attached hydrogen (secondary N) is 1. The molecule has 4 aliphatic carbocycles. The van der Waals surface area contributed by atoms with Gasteiger partial charge in [0.1, 0.15) is 11.5 Å². The van der Waals surface area contributed by atoms with Crippen LogP contribution >= 0.6 is 11.3 Å². The van der Waals surface area contributed by atoms with Gasteiger partial charge in [0.2, 0.25) is 5.79 Å². The van der Waals surface area contributed by atoms with Crippen LogP contribution in [0.2, 0.25) is 0 Å². The van der Waals surface area contributed by atoms with E-state index in [-0.39, 0.29) is 29.6 Å². The third kappa shape index (κ3) is 2.26. The molecule has 2 aliphatic heterocycles. The van der Waals surface area contributed by atoms with Crippen molar-refractivity contribution in [2.24, 2.45) is 28.6 Å². The first kappa shape index (κ1) is 22.2. The van der Waals surface area contributed by atoms with Crippen LogP contribution in [0.15, 0.2) is 12.2 Å². The number of ether oxygens (including phenoxy) is 1. The van der Waals surface area contributed by atoms with Crippen LogP contribution in [-0.4, -0.2) is 57.2 Å². The summed E-state index contributed by atoms with van der Waals surface area (Å²) in [5.74, 6) is -3.60. The topological polar surface area (TPSA) is 112 Å². The van der Waals surface area contributed by atoms with Crippen LogP contribution in [0.5, 0.6) is 0 Å². The highest BCUT2D eigenvalue weighted by atomic mass is 32.1. The first-order valence-corrected chi connectivity index (χ1v) is 13.1. The number of anilines is 1. The van der Waals surface area contributed by atoms with Crippen LogP contribution in [-0.2, 0) is 21.4 Å². The number of aliphatic hydroxyl groups is 3. The summed E-state index contributed by atoms with van der Waals surface area (Å²) in [6.07, 6.45) is 1.74. The van der Waals surface area contributed by atoms with E-state index in [0.29, 0.717) is 18.4 Å². The number of hydrogen-bond donors (Lipinski definition) is 4. The number of aromatic nitrogens is 1. The summed E-state index contributed by atoms with van der Waals surface area (Å²) in [6.45, 7) is 11.4. The normalized spacial score (nSPS) is 46.7. The Morgan fingerprint density at radius 1 is 1.27 bits per heavy atom. The van der Waals surface area contributed by atoms with Crippen LogP contribution < -0.4 is 5.32 Å². The van der Waals surface area contributed by atoms with Gasteiger partial charge in [-0.2, -0.15) is 0 Å². The number of unbranched alkanes of at least 4 members (excludes halogenated alkanes) is 1. The van der Waals surface area contributed by atoms with Crippen molar-refractivity contribution in [3.8, 4) is 0 Å². The third-order valence-corrected chi connectivity index (χ3v) is 10.7. The summed E-state index contributed by atoms with van der Waals surface area (Å²) >= 11 is 1.65. The summed E-state index contributed by atoms with van der Waals surface area (Å²) in [6, 6.07) is 0.